The SMILES string of the molecule is CC(C)(C)C(=O)ON1CCC(c2c[nH]c3ccc(Cl)cc23)CC1. The van der Waals surface area contributed by atoms with Crippen LogP contribution in [0.3, 0.4) is 0 Å². The number of benzene rings is 1. The number of fused-ring (bicyclic) bond motifs is 1. The van der Waals surface area contributed by atoms with Crippen molar-refractivity contribution >= 4 is 28.5 Å². The van der Waals surface area contributed by atoms with Gasteiger partial charge in [0.15, 0.2) is 0 Å². The van der Waals surface area contributed by atoms with Crippen molar-refractivity contribution in [3.8, 4) is 0 Å². The lowest BCUT2D eigenvalue weighted by Crippen LogP contribution is -2.38. The number of piperidine rings is 1. The van der Waals surface area contributed by atoms with Gasteiger partial charge in [-0.3, -0.25) is 0 Å². The fourth-order valence-corrected chi connectivity index (χ4v) is 3.14. The number of hydroxylamine groups is 2. The van der Waals surface area contributed by atoms with Gasteiger partial charge < -0.3 is 9.82 Å². The van der Waals surface area contributed by atoms with E-state index in [0.29, 0.717) is 5.92 Å². The topological polar surface area (TPSA) is 45.3 Å². The second-order valence-corrected chi connectivity index (χ2v) is 7.70. The Bertz CT molecular complexity index is 709. The average molecular weight is 335 g/mol. The van der Waals surface area contributed by atoms with Crippen LogP contribution in [0.2, 0.25) is 5.02 Å². The molecular formula is C18H23ClN2O2. The lowest BCUT2D eigenvalue weighted by molar-refractivity contribution is -0.204. The Kier molecular flexibility index (Phi) is 4.39. The highest BCUT2D eigenvalue weighted by atomic mass is 35.5. The third-order valence-electron chi connectivity index (χ3n) is 4.39. The average Bonchev–Trinajstić information content (AvgIpc) is 2.90. The molecule has 1 N–H and O–H groups in total. The number of nitrogens with zero attached hydrogens (tertiary/aromatic N) is 1. The molecular weight excluding hydrogens is 312 g/mol. The summed E-state index contributed by atoms with van der Waals surface area (Å²) in [6.07, 6.45) is 4.02. The minimum absolute atomic E-state index is 0.171. The molecule has 0 atom stereocenters. The molecule has 1 saturated heterocycles. The van der Waals surface area contributed by atoms with E-state index in [0.717, 1.165) is 36.5 Å². The van der Waals surface area contributed by atoms with Gasteiger partial charge in [0.1, 0.15) is 0 Å². The van der Waals surface area contributed by atoms with Crippen LogP contribution in [0.5, 0.6) is 0 Å². The number of halogens is 1. The van der Waals surface area contributed by atoms with Crippen molar-refractivity contribution in [3.63, 3.8) is 0 Å². The molecule has 1 fully saturated rings. The molecule has 0 aliphatic carbocycles. The van der Waals surface area contributed by atoms with Crippen LogP contribution in [0.25, 0.3) is 10.9 Å². The Hall–Kier alpha value is -1.52. The van der Waals surface area contributed by atoms with E-state index < -0.39 is 5.41 Å². The van der Waals surface area contributed by atoms with Gasteiger partial charge in [-0.1, -0.05) is 11.6 Å². The van der Waals surface area contributed by atoms with Gasteiger partial charge in [-0.25, -0.2) is 4.79 Å². The number of hydrogen-bond donors (Lipinski definition) is 1. The second kappa shape index (κ2) is 6.17. The molecule has 0 amide bonds. The molecule has 5 heteroatoms. The second-order valence-electron chi connectivity index (χ2n) is 7.27. The molecule has 0 radical (unpaired) electrons. The predicted molar refractivity (Wildman–Crippen MR) is 92.4 cm³/mol. The van der Waals surface area contributed by atoms with Gasteiger partial charge in [0.2, 0.25) is 0 Å². The van der Waals surface area contributed by atoms with E-state index in [4.69, 9.17) is 16.4 Å². The highest BCUT2D eigenvalue weighted by Crippen LogP contribution is 2.34. The minimum Gasteiger partial charge on any atom is -0.367 e. The zero-order valence-electron chi connectivity index (χ0n) is 13.9. The molecule has 1 aromatic heterocycles. The van der Waals surface area contributed by atoms with Crippen LogP contribution in [0.1, 0.15) is 45.1 Å². The van der Waals surface area contributed by atoms with Crippen molar-refractivity contribution < 1.29 is 9.63 Å². The van der Waals surface area contributed by atoms with Crippen molar-refractivity contribution in [3.05, 3.63) is 35.0 Å². The van der Waals surface area contributed by atoms with Gasteiger partial charge in [-0.2, -0.15) is 0 Å². The number of hydrogen-bond acceptors (Lipinski definition) is 3. The van der Waals surface area contributed by atoms with Crippen LogP contribution in [0.15, 0.2) is 24.4 Å². The summed E-state index contributed by atoms with van der Waals surface area (Å²) in [4.78, 5) is 20.8. The Morgan fingerprint density at radius 2 is 2.00 bits per heavy atom. The van der Waals surface area contributed by atoms with E-state index in [2.05, 4.69) is 11.2 Å². The quantitative estimate of drug-likeness (QED) is 0.879. The molecule has 2 aromatic rings. The third kappa shape index (κ3) is 3.54. The van der Waals surface area contributed by atoms with E-state index in [1.807, 2.05) is 39.0 Å². The van der Waals surface area contributed by atoms with E-state index in [-0.39, 0.29) is 5.97 Å². The summed E-state index contributed by atoms with van der Waals surface area (Å²) in [5.41, 5.74) is 1.96. The maximum Gasteiger partial charge on any atom is 0.330 e. The Balaban J connectivity index is 1.67. The monoisotopic (exact) mass is 334 g/mol. The molecule has 124 valence electrons. The smallest absolute Gasteiger partial charge is 0.330 e. The molecule has 0 spiro atoms. The van der Waals surface area contributed by atoms with Crippen LogP contribution in [0.4, 0.5) is 0 Å². The van der Waals surface area contributed by atoms with Crippen molar-refractivity contribution in [1.29, 1.82) is 0 Å². The maximum absolute atomic E-state index is 12.0. The third-order valence-corrected chi connectivity index (χ3v) is 4.63. The van der Waals surface area contributed by atoms with Crippen LogP contribution in [-0.4, -0.2) is 29.1 Å². The maximum atomic E-state index is 12.0. The largest absolute Gasteiger partial charge is 0.367 e. The van der Waals surface area contributed by atoms with Crippen LogP contribution in [-0.2, 0) is 9.63 Å². The molecule has 4 nitrogen and oxygen atoms in total. The number of carbonyl (C=O) groups is 1. The Labute approximate surface area is 141 Å². The molecule has 23 heavy (non-hydrogen) atoms. The summed E-state index contributed by atoms with van der Waals surface area (Å²) in [5, 5.41) is 3.75. The van der Waals surface area contributed by atoms with Crippen molar-refractivity contribution in [2.24, 2.45) is 5.41 Å². The molecule has 0 saturated carbocycles. The number of H-pyrrole nitrogens is 1. The first-order valence-corrected chi connectivity index (χ1v) is 8.46. The number of rotatable bonds is 2. The molecule has 0 bridgehead atoms. The predicted octanol–water partition coefficient (Wildman–Crippen LogP) is 4.51. The van der Waals surface area contributed by atoms with Gasteiger partial charge in [-0.15, -0.1) is 5.06 Å². The van der Waals surface area contributed by atoms with E-state index in [1.54, 1.807) is 5.06 Å². The van der Waals surface area contributed by atoms with Gasteiger partial charge in [0.25, 0.3) is 0 Å². The molecule has 0 unspecified atom stereocenters. The summed E-state index contributed by atoms with van der Waals surface area (Å²) >= 11 is 6.13. The lowest BCUT2D eigenvalue weighted by atomic mass is 9.90. The molecule has 3 rings (SSSR count). The van der Waals surface area contributed by atoms with Gasteiger partial charge in [-0.05, 0) is 63.3 Å². The van der Waals surface area contributed by atoms with Gasteiger partial charge >= 0.3 is 5.97 Å². The molecule has 1 aliphatic rings. The highest BCUT2D eigenvalue weighted by molar-refractivity contribution is 6.31. The Morgan fingerprint density at radius 1 is 1.30 bits per heavy atom. The van der Waals surface area contributed by atoms with Crippen LogP contribution >= 0.6 is 11.6 Å². The van der Waals surface area contributed by atoms with E-state index in [1.165, 1.54) is 10.9 Å². The summed E-state index contributed by atoms with van der Waals surface area (Å²) < 4.78 is 0. The van der Waals surface area contributed by atoms with E-state index >= 15 is 0 Å². The van der Waals surface area contributed by atoms with Crippen molar-refractivity contribution in [2.45, 2.75) is 39.5 Å². The number of nitrogens with one attached hydrogen (secondary N) is 1. The minimum atomic E-state index is -0.468. The highest BCUT2D eigenvalue weighted by Gasteiger charge is 2.29. The fourth-order valence-electron chi connectivity index (χ4n) is 2.96. The van der Waals surface area contributed by atoms with Gasteiger partial charge in [0.05, 0.1) is 5.41 Å². The van der Waals surface area contributed by atoms with Gasteiger partial charge in [0, 0.05) is 35.2 Å². The van der Waals surface area contributed by atoms with Crippen LogP contribution in [0, 0.1) is 5.41 Å². The van der Waals surface area contributed by atoms with Crippen molar-refractivity contribution in [1.82, 2.24) is 10.0 Å². The van der Waals surface area contributed by atoms with Crippen molar-refractivity contribution in [2.75, 3.05) is 13.1 Å². The first-order valence-electron chi connectivity index (χ1n) is 8.08. The zero-order chi connectivity index (χ0) is 16.6. The number of aromatic nitrogens is 1. The lowest BCUT2D eigenvalue weighted by Gasteiger charge is -2.32. The number of carbonyl (C=O) groups excluding carboxylic acids is 1. The Morgan fingerprint density at radius 3 is 2.65 bits per heavy atom. The molecule has 1 aromatic carbocycles. The zero-order valence-corrected chi connectivity index (χ0v) is 14.6. The first-order chi connectivity index (χ1) is 10.8. The molecule has 1 aliphatic heterocycles. The fraction of sp³-hybridized carbons (Fsp3) is 0.500. The molecule has 2 heterocycles. The summed E-state index contributed by atoms with van der Waals surface area (Å²) in [7, 11) is 0. The summed E-state index contributed by atoms with van der Waals surface area (Å²) in [6, 6.07) is 5.94. The standard InChI is InChI=1S/C18H23ClN2O2/c1-18(2,3)17(22)23-21-8-6-12(7-9-21)15-11-20-16-5-4-13(19)10-14(15)16/h4-5,10-12,20H,6-9H2,1-3H3. The number of aromatic amines is 1. The summed E-state index contributed by atoms with van der Waals surface area (Å²) in [5.74, 6) is 0.293. The normalized spacial score (nSPS) is 17.6. The van der Waals surface area contributed by atoms with E-state index in [9.17, 15) is 4.79 Å². The first kappa shape index (κ1) is 16.3. The summed E-state index contributed by atoms with van der Waals surface area (Å²) in [6.45, 7) is 7.15. The van der Waals surface area contributed by atoms with Crippen LogP contribution < -0.4 is 0 Å².